The molecule has 0 saturated heterocycles. The first-order valence-corrected chi connectivity index (χ1v) is 8.00. The van der Waals surface area contributed by atoms with Gasteiger partial charge in [-0.2, -0.15) is 5.26 Å². The molecule has 1 aromatic carbocycles. The van der Waals surface area contributed by atoms with Gasteiger partial charge in [-0.15, -0.1) is 0 Å². The smallest absolute Gasteiger partial charge is 0.258 e. The van der Waals surface area contributed by atoms with Gasteiger partial charge < -0.3 is 15.4 Å². The van der Waals surface area contributed by atoms with Crippen LogP contribution in [0.4, 0.5) is 0 Å². The molecule has 0 aliphatic rings. The molecular formula is C14H17Br2N3O2. The predicted octanol–water partition coefficient (Wildman–Crippen LogP) is 2.73. The molecule has 1 rings (SSSR count). The molecule has 21 heavy (non-hydrogen) atoms. The molecule has 0 bridgehead atoms. The highest BCUT2D eigenvalue weighted by molar-refractivity contribution is 9.11. The van der Waals surface area contributed by atoms with E-state index in [4.69, 9.17) is 10.00 Å². The highest BCUT2D eigenvalue weighted by Gasteiger charge is 2.11. The zero-order valence-corrected chi connectivity index (χ0v) is 15.0. The summed E-state index contributed by atoms with van der Waals surface area (Å²) in [5.74, 6) is 0.233. The molecular weight excluding hydrogens is 402 g/mol. The van der Waals surface area contributed by atoms with Gasteiger partial charge in [0.2, 0.25) is 0 Å². The maximum absolute atomic E-state index is 11.4. The predicted molar refractivity (Wildman–Crippen MR) is 87.9 cm³/mol. The third kappa shape index (κ3) is 6.46. The summed E-state index contributed by atoms with van der Waals surface area (Å²) in [6.07, 6.45) is 0. The van der Waals surface area contributed by atoms with E-state index in [2.05, 4.69) is 56.3 Å². The first-order valence-electron chi connectivity index (χ1n) is 6.41. The summed E-state index contributed by atoms with van der Waals surface area (Å²) < 4.78 is 7.01. The molecule has 5 nitrogen and oxygen atoms in total. The Labute approximate surface area is 141 Å². The fraction of sp³-hybridized carbons (Fsp3) is 0.429. The fourth-order valence-electron chi connectivity index (χ4n) is 1.50. The van der Waals surface area contributed by atoms with Gasteiger partial charge in [0.15, 0.2) is 6.61 Å². The van der Waals surface area contributed by atoms with Crippen LogP contribution in [0.2, 0.25) is 0 Å². The molecule has 0 heterocycles. The second-order valence-corrected chi connectivity index (χ2v) is 6.36. The van der Waals surface area contributed by atoms with E-state index in [1.807, 2.05) is 18.2 Å². The highest BCUT2D eigenvalue weighted by atomic mass is 79.9. The number of amides is 1. The fourth-order valence-corrected chi connectivity index (χ4v) is 3.01. The van der Waals surface area contributed by atoms with Crippen molar-refractivity contribution in [2.45, 2.75) is 26.4 Å². The third-order valence-corrected chi connectivity index (χ3v) is 3.66. The van der Waals surface area contributed by atoms with E-state index < -0.39 is 0 Å². The number of hydrogen-bond donors (Lipinski definition) is 2. The van der Waals surface area contributed by atoms with Gasteiger partial charge in [-0.05, 0) is 49.6 Å². The van der Waals surface area contributed by atoms with Crippen LogP contribution in [0, 0.1) is 11.3 Å². The van der Waals surface area contributed by atoms with Gasteiger partial charge in [-0.3, -0.25) is 4.79 Å². The monoisotopic (exact) mass is 417 g/mol. The Morgan fingerprint density at radius 1 is 1.38 bits per heavy atom. The number of nitrogens with zero attached hydrogens (tertiary/aromatic N) is 1. The van der Waals surface area contributed by atoms with Gasteiger partial charge in [0.1, 0.15) is 12.3 Å². The quantitative estimate of drug-likeness (QED) is 0.667. The largest absolute Gasteiger partial charge is 0.481 e. The van der Waals surface area contributed by atoms with E-state index in [0.717, 1.165) is 21.1 Å². The Kier molecular flexibility index (Phi) is 7.72. The maximum atomic E-state index is 11.4. The summed E-state index contributed by atoms with van der Waals surface area (Å²) in [4.78, 5) is 11.4. The molecule has 0 spiro atoms. The van der Waals surface area contributed by atoms with E-state index in [1.165, 1.54) is 0 Å². The van der Waals surface area contributed by atoms with Gasteiger partial charge in [0.25, 0.3) is 5.91 Å². The minimum absolute atomic E-state index is 0.0235. The Bertz CT molecular complexity index is 519. The Balaban J connectivity index is 2.67. The Morgan fingerprint density at radius 3 is 2.52 bits per heavy atom. The second kappa shape index (κ2) is 9.03. The number of carbonyl (C=O) groups excluding carboxylic acids is 1. The summed E-state index contributed by atoms with van der Waals surface area (Å²) in [5.41, 5.74) is 1.10. The first-order chi connectivity index (χ1) is 9.93. The van der Waals surface area contributed by atoms with E-state index in [9.17, 15) is 4.79 Å². The van der Waals surface area contributed by atoms with Crippen LogP contribution in [0.5, 0.6) is 5.75 Å². The van der Waals surface area contributed by atoms with E-state index in [1.54, 1.807) is 0 Å². The minimum atomic E-state index is -0.332. The number of halogens is 2. The highest BCUT2D eigenvalue weighted by Crippen LogP contribution is 2.34. The molecule has 0 atom stereocenters. The lowest BCUT2D eigenvalue weighted by Crippen LogP contribution is -2.29. The number of ether oxygens (including phenoxy) is 1. The molecule has 2 N–H and O–H groups in total. The van der Waals surface area contributed by atoms with Crippen LogP contribution >= 0.6 is 31.9 Å². The molecule has 0 saturated carbocycles. The average Bonchev–Trinajstić information content (AvgIpc) is 2.41. The van der Waals surface area contributed by atoms with Crippen molar-refractivity contribution in [2.24, 2.45) is 0 Å². The van der Waals surface area contributed by atoms with Crippen LogP contribution in [0.15, 0.2) is 21.1 Å². The zero-order valence-electron chi connectivity index (χ0n) is 11.9. The van der Waals surface area contributed by atoms with E-state index in [0.29, 0.717) is 11.8 Å². The lowest BCUT2D eigenvalue weighted by atomic mass is 10.2. The first kappa shape index (κ1) is 18.0. The zero-order chi connectivity index (χ0) is 15.8. The molecule has 114 valence electrons. The summed E-state index contributed by atoms with van der Waals surface area (Å²) in [5, 5.41) is 14.1. The van der Waals surface area contributed by atoms with Crippen LogP contribution in [0.3, 0.4) is 0 Å². The molecule has 0 fully saturated rings. The Hall–Kier alpha value is -1.10. The molecule has 1 amide bonds. The van der Waals surface area contributed by atoms with Crippen LogP contribution in [0.25, 0.3) is 0 Å². The van der Waals surface area contributed by atoms with E-state index >= 15 is 0 Å². The standard InChI is InChI=1S/C14H17Br2N3O2/c1-9(2)19-7-10-5-11(15)14(12(16)6-10)21-8-13(20)18-4-3-17/h5-6,9,19H,4,7-8H2,1-2H3,(H,18,20). The topological polar surface area (TPSA) is 74.2 Å². The van der Waals surface area contributed by atoms with Crippen LogP contribution in [0.1, 0.15) is 19.4 Å². The number of hydrogen-bond acceptors (Lipinski definition) is 4. The van der Waals surface area contributed by atoms with Crippen LogP contribution in [-0.4, -0.2) is 25.1 Å². The van der Waals surface area contributed by atoms with Gasteiger partial charge >= 0.3 is 0 Å². The maximum Gasteiger partial charge on any atom is 0.258 e. The van der Waals surface area contributed by atoms with Crippen molar-refractivity contribution in [3.05, 3.63) is 26.6 Å². The van der Waals surface area contributed by atoms with E-state index in [-0.39, 0.29) is 19.1 Å². The van der Waals surface area contributed by atoms with Crippen molar-refractivity contribution >= 4 is 37.8 Å². The van der Waals surface area contributed by atoms with Gasteiger partial charge in [0.05, 0.1) is 15.0 Å². The molecule has 0 aliphatic carbocycles. The van der Waals surface area contributed by atoms with Crippen molar-refractivity contribution in [1.82, 2.24) is 10.6 Å². The minimum Gasteiger partial charge on any atom is -0.481 e. The van der Waals surface area contributed by atoms with Crippen LogP contribution in [-0.2, 0) is 11.3 Å². The van der Waals surface area contributed by atoms with Crippen LogP contribution < -0.4 is 15.4 Å². The number of carbonyl (C=O) groups is 1. The Morgan fingerprint density at radius 2 is 2.00 bits per heavy atom. The van der Waals surface area contributed by atoms with Crippen molar-refractivity contribution < 1.29 is 9.53 Å². The molecule has 0 unspecified atom stereocenters. The molecule has 0 radical (unpaired) electrons. The SMILES string of the molecule is CC(C)NCc1cc(Br)c(OCC(=O)NCC#N)c(Br)c1. The number of rotatable bonds is 7. The summed E-state index contributed by atoms with van der Waals surface area (Å²) >= 11 is 6.88. The molecule has 0 aromatic heterocycles. The van der Waals surface area contributed by atoms with Gasteiger partial charge in [-0.1, -0.05) is 13.8 Å². The van der Waals surface area contributed by atoms with Gasteiger partial charge in [-0.25, -0.2) is 0 Å². The van der Waals surface area contributed by atoms with Crippen molar-refractivity contribution in [3.8, 4) is 11.8 Å². The average molecular weight is 419 g/mol. The van der Waals surface area contributed by atoms with Crippen molar-refractivity contribution in [2.75, 3.05) is 13.2 Å². The number of nitriles is 1. The van der Waals surface area contributed by atoms with Gasteiger partial charge in [0, 0.05) is 12.6 Å². The normalized spacial score (nSPS) is 10.3. The summed E-state index contributed by atoms with van der Waals surface area (Å²) in [7, 11) is 0. The van der Waals surface area contributed by atoms with Crippen molar-refractivity contribution in [1.29, 1.82) is 5.26 Å². The number of benzene rings is 1. The lowest BCUT2D eigenvalue weighted by Gasteiger charge is -2.13. The summed E-state index contributed by atoms with van der Waals surface area (Å²) in [6.45, 7) is 4.76. The second-order valence-electron chi connectivity index (χ2n) is 4.65. The molecule has 1 aromatic rings. The molecule has 0 aliphatic heterocycles. The molecule has 7 heteroatoms. The lowest BCUT2D eigenvalue weighted by molar-refractivity contribution is -0.122. The summed E-state index contributed by atoms with van der Waals surface area (Å²) in [6, 6.07) is 6.14. The number of nitrogens with one attached hydrogen (secondary N) is 2. The van der Waals surface area contributed by atoms with Crippen molar-refractivity contribution in [3.63, 3.8) is 0 Å². The third-order valence-electron chi connectivity index (χ3n) is 2.48.